The van der Waals surface area contributed by atoms with Gasteiger partial charge in [0, 0.05) is 58.0 Å². The average Bonchev–Trinajstić information content (AvgIpc) is 3.12. The number of piperazine rings is 1. The Bertz CT molecular complexity index is 835. The topological polar surface area (TPSA) is 99.2 Å². The number of amides is 1. The molecular weight excluding hydrogens is 322 g/mol. The van der Waals surface area contributed by atoms with Crippen LogP contribution in [-0.4, -0.2) is 63.3 Å². The molecule has 25 heavy (non-hydrogen) atoms. The summed E-state index contributed by atoms with van der Waals surface area (Å²) in [6.45, 7) is 3.37. The van der Waals surface area contributed by atoms with Crippen LogP contribution in [0.5, 0.6) is 0 Å². The molecule has 0 aromatic carbocycles. The van der Waals surface area contributed by atoms with Crippen molar-refractivity contribution in [1.29, 1.82) is 0 Å². The van der Waals surface area contributed by atoms with Gasteiger partial charge in [0.2, 0.25) is 5.91 Å². The number of aryl methyl sites for hydroxylation is 1. The lowest BCUT2D eigenvalue weighted by molar-refractivity contribution is -0.134. The third-order valence-corrected chi connectivity index (χ3v) is 4.91. The molecule has 2 N–H and O–H groups in total. The predicted molar refractivity (Wildman–Crippen MR) is 91.3 cm³/mol. The first-order chi connectivity index (χ1) is 12.1. The maximum atomic E-state index is 12.9. The molecule has 2 aliphatic rings. The van der Waals surface area contributed by atoms with E-state index < -0.39 is 0 Å². The summed E-state index contributed by atoms with van der Waals surface area (Å²) in [5, 5.41) is 7.33. The molecule has 9 nitrogen and oxygen atoms in total. The van der Waals surface area contributed by atoms with Crippen LogP contribution in [0.1, 0.15) is 17.4 Å². The van der Waals surface area contributed by atoms with E-state index >= 15 is 0 Å². The van der Waals surface area contributed by atoms with Crippen LogP contribution >= 0.6 is 0 Å². The van der Waals surface area contributed by atoms with Gasteiger partial charge in [-0.1, -0.05) is 0 Å². The van der Waals surface area contributed by atoms with Crippen molar-refractivity contribution in [3.05, 3.63) is 40.3 Å². The van der Waals surface area contributed by atoms with Crippen molar-refractivity contribution in [2.75, 3.05) is 37.6 Å². The fourth-order valence-electron chi connectivity index (χ4n) is 3.42. The Labute approximate surface area is 144 Å². The molecule has 0 bridgehead atoms. The van der Waals surface area contributed by atoms with Crippen LogP contribution in [0, 0.1) is 0 Å². The first-order valence-electron chi connectivity index (χ1n) is 8.46. The lowest BCUT2D eigenvalue weighted by atomic mass is 10.0. The summed E-state index contributed by atoms with van der Waals surface area (Å²) in [6.07, 6.45) is 4.21. The molecule has 0 saturated carbocycles. The number of nitrogens with zero attached hydrogens (tertiary/aromatic N) is 5. The van der Waals surface area contributed by atoms with Crippen LogP contribution in [0.15, 0.2) is 23.4 Å². The number of nitrogens with one attached hydrogen (secondary N) is 2. The van der Waals surface area contributed by atoms with E-state index in [0.717, 1.165) is 30.0 Å². The molecule has 4 rings (SSSR count). The van der Waals surface area contributed by atoms with Crippen molar-refractivity contribution < 1.29 is 4.79 Å². The molecule has 0 radical (unpaired) electrons. The van der Waals surface area contributed by atoms with E-state index in [0.29, 0.717) is 26.2 Å². The second-order valence-corrected chi connectivity index (χ2v) is 6.39. The van der Waals surface area contributed by atoms with Crippen molar-refractivity contribution in [1.82, 2.24) is 30.0 Å². The van der Waals surface area contributed by atoms with E-state index in [1.165, 1.54) is 4.68 Å². The molecule has 1 saturated heterocycles. The van der Waals surface area contributed by atoms with Gasteiger partial charge in [0.1, 0.15) is 6.04 Å². The zero-order chi connectivity index (χ0) is 17.4. The van der Waals surface area contributed by atoms with Gasteiger partial charge in [0.25, 0.3) is 5.56 Å². The van der Waals surface area contributed by atoms with Crippen LogP contribution in [0.4, 0.5) is 5.69 Å². The number of carbonyl (C=O) groups excluding carboxylic acids is 1. The van der Waals surface area contributed by atoms with E-state index in [4.69, 9.17) is 0 Å². The molecule has 1 fully saturated rings. The zero-order valence-corrected chi connectivity index (χ0v) is 14.1. The number of aromatic nitrogens is 4. The van der Waals surface area contributed by atoms with Crippen LogP contribution in [0.2, 0.25) is 0 Å². The molecule has 1 amide bonds. The maximum absolute atomic E-state index is 12.9. The van der Waals surface area contributed by atoms with Crippen molar-refractivity contribution in [2.45, 2.75) is 12.5 Å². The number of carbonyl (C=O) groups is 1. The third kappa shape index (κ3) is 2.91. The van der Waals surface area contributed by atoms with Crippen LogP contribution < -0.4 is 15.8 Å². The van der Waals surface area contributed by atoms with Gasteiger partial charge in [-0.2, -0.15) is 5.10 Å². The van der Waals surface area contributed by atoms with E-state index in [1.807, 2.05) is 4.90 Å². The molecule has 0 unspecified atom stereocenters. The van der Waals surface area contributed by atoms with Gasteiger partial charge in [0.15, 0.2) is 0 Å². The van der Waals surface area contributed by atoms with E-state index in [1.54, 1.807) is 25.6 Å². The molecule has 9 heteroatoms. The summed E-state index contributed by atoms with van der Waals surface area (Å²) in [7, 11) is 1.63. The fourth-order valence-corrected chi connectivity index (χ4v) is 3.42. The minimum Gasteiger partial charge on any atom is -0.367 e. The Morgan fingerprint density at radius 3 is 2.84 bits per heavy atom. The molecule has 0 aliphatic carbocycles. The lowest BCUT2D eigenvalue weighted by Crippen LogP contribution is -2.52. The summed E-state index contributed by atoms with van der Waals surface area (Å²) in [6, 6.07) is 1.22. The second-order valence-electron chi connectivity index (χ2n) is 6.39. The molecule has 132 valence electrons. The highest BCUT2D eigenvalue weighted by molar-refractivity contribution is 5.83. The van der Waals surface area contributed by atoms with Gasteiger partial charge in [0.05, 0.1) is 23.9 Å². The van der Waals surface area contributed by atoms with Gasteiger partial charge in [-0.05, 0) is 0 Å². The number of fused-ring (bicyclic) bond motifs is 1. The number of anilines is 1. The van der Waals surface area contributed by atoms with Crippen LogP contribution in [0.3, 0.4) is 0 Å². The molecule has 2 aliphatic heterocycles. The van der Waals surface area contributed by atoms with Gasteiger partial charge in [-0.15, -0.1) is 0 Å². The van der Waals surface area contributed by atoms with Gasteiger partial charge in [-0.3, -0.25) is 9.59 Å². The molecule has 2 aromatic heterocycles. The van der Waals surface area contributed by atoms with Crippen LogP contribution in [-0.2, 0) is 18.3 Å². The molecular formula is C16H21N7O2. The highest BCUT2D eigenvalue weighted by Gasteiger charge is 2.33. The summed E-state index contributed by atoms with van der Waals surface area (Å²) < 4.78 is 1.31. The SMILES string of the molecule is Cn1ncc(N2CCN(C(=O)[C@H]3NCCc4[nH]cnc43)CC2)cc1=O. The van der Waals surface area contributed by atoms with E-state index in [9.17, 15) is 9.59 Å². The van der Waals surface area contributed by atoms with Gasteiger partial charge >= 0.3 is 0 Å². The average molecular weight is 343 g/mol. The number of imidazole rings is 1. The molecule has 0 spiro atoms. The Morgan fingerprint density at radius 1 is 1.28 bits per heavy atom. The first-order valence-corrected chi connectivity index (χ1v) is 8.46. The standard InChI is InChI=1S/C16H21N7O2/c1-21-13(24)8-11(9-20-21)22-4-6-23(7-5-22)16(25)15-14-12(2-3-17-15)18-10-19-14/h8-10,15,17H,2-7H2,1H3,(H,18,19)/t15-/m0/s1. The highest BCUT2D eigenvalue weighted by atomic mass is 16.2. The highest BCUT2D eigenvalue weighted by Crippen LogP contribution is 2.22. The Hall–Kier alpha value is -2.68. The number of aromatic amines is 1. The van der Waals surface area contributed by atoms with Crippen LogP contribution in [0.25, 0.3) is 0 Å². The smallest absolute Gasteiger partial charge is 0.268 e. The normalized spacial score (nSPS) is 20.4. The van der Waals surface area contributed by atoms with Crippen molar-refractivity contribution in [3.63, 3.8) is 0 Å². The Balaban J connectivity index is 1.43. The summed E-state index contributed by atoms with van der Waals surface area (Å²) >= 11 is 0. The summed E-state index contributed by atoms with van der Waals surface area (Å²) in [5.41, 5.74) is 2.53. The minimum atomic E-state index is -0.368. The van der Waals surface area contributed by atoms with Gasteiger partial charge < -0.3 is 20.1 Å². The molecule has 2 aromatic rings. The number of hydrogen-bond acceptors (Lipinski definition) is 6. The summed E-state index contributed by atoms with van der Waals surface area (Å²) in [4.78, 5) is 36.0. The Kier molecular flexibility index (Phi) is 4.00. The van der Waals surface area contributed by atoms with E-state index in [2.05, 4.69) is 25.3 Å². The van der Waals surface area contributed by atoms with Crippen molar-refractivity contribution in [3.8, 4) is 0 Å². The van der Waals surface area contributed by atoms with Gasteiger partial charge in [-0.25, -0.2) is 9.67 Å². The number of rotatable bonds is 2. The maximum Gasteiger partial charge on any atom is 0.268 e. The van der Waals surface area contributed by atoms with Crippen molar-refractivity contribution in [2.24, 2.45) is 7.05 Å². The summed E-state index contributed by atoms with van der Waals surface area (Å²) in [5.74, 6) is 0.0646. The lowest BCUT2D eigenvalue weighted by Gasteiger charge is -2.37. The van der Waals surface area contributed by atoms with E-state index in [-0.39, 0.29) is 17.5 Å². The number of hydrogen-bond donors (Lipinski definition) is 2. The van der Waals surface area contributed by atoms with Crippen molar-refractivity contribution >= 4 is 11.6 Å². The predicted octanol–water partition coefficient (Wildman–Crippen LogP) is -0.961. The molecule has 1 atom stereocenters. The third-order valence-electron chi connectivity index (χ3n) is 4.91. The monoisotopic (exact) mass is 343 g/mol. The first kappa shape index (κ1) is 15.8. The second kappa shape index (κ2) is 6.32. The zero-order valence-electron chi connectivity index (χ0n) is 14.1. The molecule has 4 heterocycles. The quantitative estimate of drug-likeness (QED) is 0.729. The number of H-pyrrole nitrogens is 1. The minimum absolute atomic E-state index is 0.0646. The Morgan fingerprint density at radius 2 is 2.08 bits per heavy atom. The largest absolute Gasteiger partial charge is 0.367 e. The fraction of sp³-hybridized carbons (Fsp3) is 0.500.